The average Bonchev–Trinajstić information content (AvgIpc) is 2.88. The molecule has 0 bridgehead atoms. The van der Waals surface area contributed by atoms with Gasteiger partial charge in [-0.2, -0.15) is 4.68 Å². The molecule has 0 aliphatic carbocycles. The van der Waals surface area contributed by atoms with Crippen molar-refractivity contribution in [2.75, 3.05) is 0 Å². The fourth-order valence-electron chi connectivity index (χ4n) is 1.86. The molecule has 0 aliphatic heterocycles. The zero-order chi connectivity index (χ0) is 14.5. The summed E-state index contributed by atoms with van der Waals surface area (Å²) in [7, 11) is 0. The van der Waals surface area contributed by atoms with E-state index in [0.717, 1.165) is 16.6 Å². The van der Waals surface area contributed by atoms with Crippen LogP contribution in [0.3, 0.4) is 0 Å². The Bertz CT molecular complexity index is 598. The van der Waals surface area contributed by atoms with E-state index in [-0.39, 0.29) is 11.9 Å². The molecule has 0 saturated carbocycles. The van der Waals surface area contributed by atoms with Crippen molar-refractivity contribution in [1.82, 2.24) is 25.5 Å². The average molecular weight is 338 g/mol. The third-order valence-corrected chi connectivity index (χ3v) is 3.28. The van der Waals surface area contributed by atoms with Crippen molar-refractivity contribution in [1.29, 1.82) is 0 Å². The van der Waals surface area contributed by atoms with E-state index in [2.05, 4.69) is 36.8 Å². The monoisotopic (exact) mass is 337 g/mol. The highest BCUT2D eigenvalue weighted by molar-refractivity contribution is 9.10. The Labute approximate surface area is 125 Å². The second-order valence-corrected chi connectivity index (χ2v) is 5.38. The number of benzene rings is 1. The van der Waals surface area contributed by atoms with Gasteiger partial charge in [0.1, 0.15) is 0 Å². The fraction of sp³-hybridized carbons (Fsp3) is 0.385. The van der Waals surface area contributed by atoms with Gasteiger partial charge < -0.3 is 5.32 Å². The molecule has 106 valence electrons. The lowest BCUT2D eigenvalue weighted by Crippen LogP contribution is -2.28. The van der Waals surface area contributed by atoms with Crippen LogP contribution in [-0.4, -0.2) is 26.1 Å². The minimum Gasteiger partial charge on any atom is -0.346 e. The molecule has 0 fully saturated rings. The van der Waals surface area contributed by atoms with Crippen molar-refractivity contribution in [2.24, 2.45) is 0 Å². The highest BCUT2D eigenvalue weighted by Crippen LogP contribution is 2.18. The van der Waals surface area contributed by atoms with Crippen LogP contribution in [0.15, 0.2) is 28.7 Å². The fourth-order valence-corrected chi connectivity index (χ4v) is 2.25. The quantitative estimate of drug-likeness (QED) is 0.909. The Balaban J connectivity index is 2.22. The predicted octanol–water partition coefficient (Wildman–Crippen LogP) is 2.40. The molecule has 6 nitrogen and oxygen atoms in total. The molecule has 0 spiro atoms. The summed E-state index contributed by atoms with van der Waals surface area (Å²) in [5, 5.41) is 14.6. The maximum atomic E-state index is 11.7. The highest BCUT2D eigenvalue weighted by atomic mass is 79.9. The molecule has 1 N–H and O–H groups in total. The number of carbonyl (C=O) groups excluding carboxylic acids is 1. The van der Waals surface area contributed by atoms with Crippen LogP contribution in [0.2, 0.25) is 0 Å². The normalized spacial score (nSPS) is 12.2. The van der Waals surface area contributed by atoms with Crippen molar-refractivity contribution in [3.8, 4) is 5.69 Å². The van der Waals surface area contributed by atoms with Gasteiger partial charge >= 0.3 is 0 Å². The van der Waals surface area contributed by atoms with Gasteiger partial charge in [0.2, 0.25) is 5.91 Å². The number of aromatic nitrogens is 4. The van der Waals surface area contributed by atoms with Crippen LogP contribution in [0.25, 0.3) is 5.69 Å². The van der Waals surface area contributed by atoms with E-state index >= 15 is 0 Å². The third kappa shape index (κ3) is 3.41. The molecule has 1 amide bonds. The summed E-state index contributed by atoms with van der Waals surface area (Å²) in [6.07, 6.45) is 1.32. The lowest BCUT2D eigenvalue weighted by Gasteiger charge is -2.13. The number of carbonyl (C=O) groups is 1. The zero-order valence-corrected chi connectivity index (χ0v) is 13.0. The molecule has 0 radical (unpaired) electrons. The summed E-state index contributed by atoms with van der Waals surface area (Å²) in [5.41, 5.74) is 0.843. The summed E-state index contributed by atoms with van der Waals surface area (Å²) in [5.74, 6) is 0.608. The Morgan fingerprint density at radius 2 is 2.30 bits per heavy atom. The molecule has 1 aromatic heterocycles. The molecular formula is C13H16BrN5O. The van der Waals surface area contributed by atoms with Gasteiger partial charge in [0, 0.05) is 10.9 Å². The Morgan fingerprint density at radius 3 is 3.00 bits per heavy atom. The van der Waals surface area contributed by atoms with E-state index in [4.69, 9.17) is 0 Å². The van der Waals surface area contributed by atoms with Crippen molar-refractivity contribution in [3.05, 3.63) is 34.6 Å². The summed E-state index contributed by atoms with van der Waals surface area (Å²) in [6, 6.07) is 7.42. The summed E-state index contributed by atoms with van der Waals surface area (Å²) in [4.78, 5) is 11.7. The standard InChI is InChI=1S/C13H16BrN5O/c1-3-5-12(20)15-9(2)13-16-17-18-19(13)11-7-4-6-10(14)8-11/h4,6-9H,3,5H2,1-2H3,(H,15,20). The lowest BCUT2D eigenvalue weighted by molar-refractivity contribution is -0.121. The Morgan fingerprint density at radius 1 is 1.50 bits per heavy atom. The number of hydrogen-bond acceptors (Lipinski definition) is 4. The van der Waals surface area contributed by atoms with Crippen molar-refractivity contribution < 1.29 is 4.79 Å². The first-order valence-electron chi connectivity index (χ1n) is 6.45. The van der Waals surface area contributed by atoms with Gasteiger partial charge in [-0.3, -0.25) is 4.79 Å². The number of halogens is 1. The number of rotatable bonds is 5. The van der Waals surface area contributed by atoms with E-state index in [1.807, 2.05) is 38.1 Å². The largest absolute Gasteiger partial charge is 0.346 e. The topological polar surface area (TPSA) is 72.7 Å². The Hall–Kier alpha value is -1.76. The van der Waals surface area contributed by atoms with Gasteiger partial charge in [0.25, 0.3) is 0 Å². The second kappa shape index (κ2) is 6.60. The van der Waals surface area contributed by atoms with Gasteiger partial charge in [-0.05, 0) is 42.0 Å². The number of tetrazole rings is 1. The lowest BCUT2D eigenvalue weighted by atomic mass is 10.2. The SMILES string of the molecule is CCCC(=O)NC(C)c1nnnn1-c1cccc(Br)c1. The van der Waals surface area contributed by atoms with Gasteiger partial charge in [0.05, 0.1) is 11.7 Å². The molecule has 0 saturated heterocycles. The molecule has 1 heterocycles. The van der Waals surface area contributed by atoms with E-state index in [1.54, 1.807) is 4.68 Å². The molecule has 0 aliphatic rings. The van der Waals surface area contributed by atoms with Gasteiger partial charge in [-0.15, -0.1) is 5.10 Å². The van der Waals surface area contributed by atoms with Crippen LogP contribution >= 0.6 is 15.9 Å². The van der Waals surface area contributed by atoms with E-state index in [1.165, 1.54) is 0 Å². The van der Waals surface area contributed by atoms with E-state index in [9.17, 15) is 4.79 Å². The van der Waals surface area contributed by atoms with Gasteiger partial charge in [0.15, 0.2) is 5.82 Å². The minimum absolute atomic E-state index is 0.00351. The van der Waals surface area contributed by atoms with E-state index in [0.29, 0.717) is 12.2 Å². The molecule has 7 heteroatoms. The molecule has 1 aromatic carbocycles. The van der Waals surface area contributed by atoms with Crippen LogP contribution in [-0.2, 0) is 4.79 Å². The van der Waals surface area contributed by atoms with Crippen LogP contribution in [0.1, 0.15) is 38.6 Å². The van der Waals surface area contributed by atoms with Crippen LogP contribution in [0, 0.1) is 0 Å². The molecular weight excluding hydrogens is 322 g/mol. The number of nitrogens with zero attached hydrogens (tertiary/aromatic N) is 4. The van der Waals surface area contributed by atoms with Crippen LogP contribution in [0.4, 0.5) is 0 Å². The first-order valence-corrected chi connectivity index (χ1v) is 7.24. The van der Waals surface area contributed by atoms with Gasteiger partial charge in [-0.1, -0.05) is 28.9 Å². The highest BCUT2D eigenvalue weighted by Gasteiger charge is 2.17. The van der Waals surface area contributed by atoms with Gasteiger partial charge in [-0.25, -0.2) is 0 Å². The predicted molar refractivity (Wildman–Crippen MR) is 78.3 cm³/mol. The zero-order valence-electron chi connectivity index (χ0n) is 11.4. The molecule has 2 aromatic rings. The minimum atomic E-state index is -0.247. The second-order valence-electron chi connectivity index (χ2n) is 4.47. The molecule has 20 heavy (non-hydrogen) atoms. The number of amides is 1. The molecule has 1 unspecified atom stereocenters. The van der Waals surface area contributed by atoms with E-state index < -0.39 is 0 Å². The van der Waals surface area contributed by atoms with Crippen molar-refractivity contribution in [2.45, 2.75) is 32.7 Å². The Kier molecular flexibility index (Phi) is 4.84. The van der Waals surface area contributed by atoms with Crippen molar-refractivity contribution in [3.63, 3.8) is 0 Å². The van der Waals surface area contributed by atoms with Crippen LogP contribution < -0.4 is 5.32 Å². The summed E-state index contributed by atoms with van der Waals surface area (Å²) in [6.45, 7) is 3.84. The summed E-state index contributed by atoms with van der Waals surface area (Å²) >= 11 is 3.42. The maximum Gasteiger partial charge on any atom is 0.220 e. The number of nitrogens with one attached hydrogen (secondary N) is 1. The number of hydrogen-bond donors (Lipinski definition) is 1. The first-order chi connectivity index (χ1) is 9.61. The summed E-state index contributed by atoms with van der Waals surface area (Å²) < 4.78 is 2.57. The maximum absolute atomic E-state index is 11.7. The molecule has 2 rings (SSSR count). The smallest absolute Gasteiger partial charge is 0.220 e. The van der Waals surface area contributed by atoms with Crippen molar-refractivity contribution >= 4 is 21.8 Å². The first kappa shape index (κ1) is 14.6. The molecule has 1 atom stereocenters. The third-order valence-electron chi connectivity index (χ3n) is 2.79. The van der Waals surface area contributed by atoms with Crippen LogP contribution in [0.5, 0.6) is 0 Å².